The third-order valence-electron chi connectivity index (χ3n) is 10.2. The Morgan fingerprint density at radius 1 is 0.333 bits per heavy atom. The molecule has 0 fully saturated rings. The van der Waals surface area contributed by atoms with Crippen LogP contribution in [0.2, 0.25) is 0 Å². The molecule has 10 aromatic rings. The van der Waals surface area contributed by atoms with E-state index in [0.717, 1.165) is 60.5 Å². The summed E-state index contributed by atoms with van der Waals surface area (Å²) in [6.07, 6.45) is 0. The van der Waals surface area contributed by atoms with Crippen LogP contribution in [0.5, 0.6) is 0 Å². The van der Waals surface area contributed by atoms with Gasteiger partial charge in [0, 0.05) is 27.5 Å². The van der Waals surface area contributed by atoms with E-state index in [2.05, 4.69) is 133 Å². The summed E-state index contributed by atoms with van der Waals surface area (Å²) in [7, 11) is 0. The molecule has 0 spiro atoms. The summed E-state index contributed by atoms with van der Waals surface area (Å²) in [6.45, 7) is 0. The minimum absolute atomic E-state index is 0.601. The monoisotopic (exact) mass is 649 g/mol. The molecule has 8 aromatic carbocycles. The van der Waals surface area contributed by atoms with Gasteiger partial charge >= 0.3 is 0 Å². The van der Waals surface area contributed by atoms with Crippen LogP contribution in [0.25, 0.3) is 111 Å². The van der Waals surface area contributed by atoms with Crippen LogP contribution in [-0.4, -0.2) is 15.0 Å². The number of para-hydroxylation sites is 1. The van der Waals surface area contributed by atoms with Gasteiger partial charge in [-0.25, -0.2) is 15.0 Å². The highest BCUT2D eigenvalue weighted by molar-refractivity contribution is 6.22. The van der Waals surface area contributed by atoms with Crippen molar-refractivity contribution in [2.45, 2.75) is 0 Å². The molecule has 0 amide bonds. The molecule has 4 nitrogen and oxygen atoms in total. The molecule has 1 aliphatic rings. The molecule has 0 unspecified atom stereocenters. The van der Waals surface area contributed by atoms with E-state index < -0.39 is 0 Å². The third kappa shape index (κ3) is 4.23. The first-order valence-corrected chi connectivity index (χ1v) is 17.2. The number of aromatic nitrogens is 3. The van der Waals surface area contributed by atoms with E-state index in [1.54, 1.807) is 0 Å². The SMILES string of the molecule is c1ccc(-c2nc(-c3cc(-c4ccccc4)c4c(c3)-c3cccc5cccc-4c35)nc(-c3cc4oc5ccccc5c4c4ccccc34)n2)cc1. The first kappa shape index (κ1) is 28.0. The summed E-state index contributed by atoms with van der Waals surface area (Å²) in [4.78, 5) is 15.7. The maximum absolute atomic E-state index is 6.45. The van der Waals surface area contributed by atoms with Gasteiger partial charge in [-0.3, -0.25) is 0 Å². The number of furan rings is 1. The van der Waals surface area contributed by atoms with E-state index in [4.69, 9.17) is 19.4 Å². The van der Waals surface area contributed by atoms with Crippen molar-refractivity contribution in [2.24, 2.45) is 0 Å². The van der Waals surface area contributed by atoms with Gasteiger partial charge in [0.05, 0.1) is 0 Å². The molecule has 0 radical (unpaired) electrons. The molecule has 51 heavy (non-hydrogen) atoms. The van der Waals surface area contributed by atoms with Crippen molar-refractivity contribution in [3.63, 3.8) is 0 Å². The van der Waals surface area contributed by atoms with E-state index in [1.165, 1.54) is 33.0 Å². The summed E-state index contributed by atoms with van der Waals surface area (Å²) in [5.74, 6) is 1.84. The predicted molar refractivity (Wildman–Crippen MR) is 208 cm³/mol. The van der Waals surface area contributed by atoms with Crippen molar-refractivity contribution in [3.8, 4) is 67.5 Å². The van der Waals surface area contributed by atoms with Crippen molar-refractivity contribution in [1.29, 1.82) is 0 Å². The van der Waals surface area contributed by atoms with E-state index >= 15 is 0 Å². The smallest absolute Gasteiger partial charge is 0.164 e. The lowest BCUT2D eigenvalue weighted by Gasteiger charge is -2.15. The Labute approximate surface area is 293 Å². The molecule has 1 aliphatic carbocycles. The molecule has 2 heterocycles. The molecule has 0 saturated heterocycles. The second kappa shape index (κ2) is 10.8. The first-order chi connectivity index (χ1) is 25.3. The van der Waals surface area contributed by atoms with Crippen molar-refractivity contribution in [3.05, 3.63) is 164 Å². The highest BCUT2D eigenvalue weighted by Crippen LogP contribution is 2.52. The number of nitrogens with zero attached hydrogens (tertiary/aromatic N) is 3. The van der Waals surface area contributed by atoms with Gasteiger partial charge in [-0.1, -0.05) is 140 Å². The Hall–Kier alpha value is -6.91. The molecule has 2 aromatic heterocycles. The number of rotatable bonds is 4. The van der Waals surface area contributed by atoms with Crippen molar-refractivity contribution >= 4 is 43.5 Å². The summed E-state index contributed by atoms with van der Waals surface area (Å²) in [5, 5.41) is 6.89. The fraction of sp³-hybridized carbons (Fsp3) is 0. The van der Waals surface area contributed by atoms with Gasteiger partial charge < -0.3 is 4.42 Å². The number of hydrogen-bond acceptors (Lipinski definition) is 4. The predicted octanol–water partition coefficient (Wildman–Crippen LogP) is 12.4. The Bertz CT molecular complexity index is 3010. The van der Waals surface area contributed by atoms with Crippen LogP contribution in [-0.2, 0) is 0 Å². The topological polar surface area (TPSA) is 51.8 Å². The van der Waals surface area contributed by atoms with Crippen LogP contribution in [0, 0.1) is 0 Å². The van der Waals surface area contributed by atoms with E-state index in [-0.39, 0.29) is 0 Å². The van der Waals surface area contributed by atoms with Gasteiger partial charge in [-0.15, -0.1) is 0 Å². The van der Waals surface area contributed by atoms with Crippen molar-refractivity contribution < 1.29 is 4.42 Å². The van der Waals surface area contributed by atoms with Crippen LogP contribution in [0.3, 0.4) is 0 Å². The summed E-state index contributed by atoms with van der Waals surface area (Å²) >= 11 is 0. The van der Waals surface area contributed by atoms with Gasteiger partial charge in [0.1, 0.15) is 11.2 Å². The van der Waals surface area contributed by atoms with Gasteiger partial charge in [-0.2, -0.15) is 0 Å². The molecule has 0 atom stereocenters. The lowest BCUT2D eigenvalue weighted by atomic mass is 9.91. The van der Waals surface area contributed by atoms with Crippen LogP contribution < -0.4 is 0 Å². The molecule has 4 heteroatoms. The fourth-order valence-electron chi connectivity index (χ4n) is 8.01. The largest absolute Gasteiger partial charge is 0.456 e. The number of benzene rings is 8. The highest BCUT2D eigenvalue weighted by Gasteiger charge is 2.27. The zero-order valence-corrected chi connectivity index (χ0v) is 27.3. The maximum atomic E-state index is 6.45. The Morgan fingerprint density at radius 3 is 1.73 bits per heavy atom. The van der Waals surface area contributed by atoms with Gasteiger partial charge in [-0.05, 0) is 79.2 Å². The minimum Gasteiger partial charge on any atom is -0.456 e. The zero-order chi connectivity index (χ0) is 33.5. The van der Waals surface area contributed by atoms with Gasteiger partial charge in [0.2, 0.25) is 0 Å². The minimum atomic E-state index is 0.601. The van der Waals surface area contributed by atoms with Gasteiger partial charge in [0.15, 0.2) is 17.5 Å². The average molecular weight is 650 g/mol. The average Bonchev–Trinajstić information content (AvgIpc) is 3.75. The van der Waals surface area contributed by atoms with Crippen molar-refractivity contribution in [1.82, 2.24) is 15.0 Å². The molecule has 0 N–H and O–H groups in total. The summed E-state index contributed by atoms with van der Waals surface area (Å²) in [5.41, 5.74) is 11.7. The number of fused-ring (bicyclic) bond motifs is 8. The fourth-order valence-corrected chi connectivity index (χ4v) is 8.01. The highest BCUT2D eigenvalue weighted by atomic mass is 16.3. The second-order valence-electron chi connectivity index (χ2n) is 13.1. The van der Waals surface area contributed by atoms with Crippen LogP contribution >= 0.6 is 0 Å². The molecule has 0 aliphatic heterocycles. The molecule has 236 valence electrons. The molecule has 11 rings (SSSR count). The Morgan fingerprint density at radius 2 is 0.941 bits per heavy atom. The molecule has 0 bridgehead atoms. The van der Waals surface area contributed by atoms with E-state index in [9.17, 15) is 0 Å². The Balaban J connectivity index is 1.21. The first-order valence-electron chi connectivity index (χ1n) is 17.2. The summed E-state index contributed by atoms with van der Waals surface area (Å²) in [6, 6.07) is 57.3. The van der Waals surface area contributed by atoms with Crippen LogP contribution in [0.1, 0.15) is 0 Å². The molecular weight excluding hydrogens is 623 g/mol. The van der Waals surface area contributed by atoms with E-state index in [0.29, 0.717) is 17.5 Å². The second-order valence-corrected chi connectivity index (χ2v) is 13.1. The van der Waals surface area contributed by atoms with Crippen molar-refractivity contribution in [2.75, 3.05) is 0 Å². The lowest BCUT2D eigenvalue weighted by Crippen LogP contribution is -2.01. The van der Waals surface area contributed by atoms with Crippen LogP contribution in [0.15, 0.2) is 168 Å². The lowest BCUT2D eigenvalue weighted by molar-refractivity contribution is 0.669. The summed E-state index contributed by atoms with van der Waals surface area (Å²) < 4.78 is 6.45. The van der Waals surface area contributed by atoms with Gasteiger partial charge in [0.25, 0.3) is 0 Å². The molecular formula is C47H27N3O. The number of hydrogen-bond donors (Lipinski definition) is 0. The molecule has 0 saturated carbocycles. The normalized spacial score (nSPS) is 11.9. The quantitative estimate of drug-likeness (QED) is 0.190. The van der Waals surface area contributed by atoms with E-state index in [1.807, 2.05) is 30.3 Å². The van der Waals surface area contributed by atoms with Crippen LogP contribution in [0.4, 0.5) is 0 Å². The zero-order valence-electron chi connectivity index (χ0n) is 27.3. The standard InChI is InChI=1S/C47H27N3O/c1-3-13-28(14-4-1)37-25-31(26-38-34-22-11-17-29-18-12-23-36(42(29)34)43(37)38)46-48-45(30-15-5-2-6-16-30)49-47(50-46)39-27-41-44(33-20-8-7-19-32(33)39)35-21-9-10-24-40(35)51-41/h1-27H. The third-order valence-corrected chi connectivity index (χ3v) is 10.2. The maximum Gasteiger partial charge on any atom is 0.164 e. The Kier molecular flexibility index (Phi) is 5.92.